The minimum absolute atomic E-state index is 0.0283. The molecule has 2 aliphatic rings. The molecule has 2 amide bonds. The van der Waals surface area contributed by atoms with E-state index in [-0.39, 0.29) is 18.2 Å². The summed E-state index contributed by atoms with van der Waals surface area (Å²) < 4.78 is 5.56. The first-order valence-corrected chi connectivity index (χ1v) is 10.9. The summed E-state index contributed by atoms with van der Waals surface area (Å²) in [7, 11) is 0. The summed E-state index contributed by atoms with van der Waals surface area (Å²) in [6.45, 7) is 6.70. The highest BCUT2D eigenvalue weighted by molar-refractivity contribution is 7.13. The zero-order valence-electron chi connectivity index (χ0n) is 16.5. The SMILES string of the molecule is CC(N1CCNCC1)N1CC(c2cccc3cnsc23)N(c2ccccc2)C1=O. The maximum atomic E-state index is 13.6. The van der Waals surface area contributed by atoms with Crippen LogP contribution in [0.1, 0.15) is 18.5 Å². The number of piperazine rings is 1. The molecule has 2 aliphatic heterocycles. The Morgan fingerprint density at radius 1 is 1.10 bits per heavy atom. The van der Waals surface area contributed by atoms with Gasteiger partial charge < -0.3 is 10.2 Å². The molecule has 1 N–H and O–H groups in total. The molecular formula is C22H25N5OS. The van der Waals surface area contributed by atoms with Crippen LogP contribution in [-0.2, 0) is 0 Å². The summed E-state index contributed by atoms with van der Waals surface area (Å²) in [5.74, 6) is 0. The molecule has 3 aromatic rings. The number of benzene rings is 2. The van der Waals surface area contributed by atoms with E-state index in [0.29, 0.717) is 6.54 Å². The van der Waals surface area contributed by atoms with Crippen molar-refractivity contribution >= 4 is 33.3 Å². The van der Waals surface area contributed by atoms with Gasteiger partial charge in [0.2, 0.25) is 0 Å². The third kappa shape index (κ3) is 3.29. The average molecular weight is 408 g/mol. The number of urea groups is 1. The minimum Gasteiger partial charge on any atom is -0.314 e. The summed E-state index contributed by atoms with van der Waals surface area (Å²) in [5, 5.41) is 4.54. The van der Waals surface area contributed by atoms with E-state index in [0.717, 1.165) is 37.3 Å². The van der Waals surface area contributed by atoms with Gasteiger partial charge in [-0.05, 0) is 36.2 Å². The Kier molecular flexibility index (Phi) is 4.95. The number of carbonyl (C=O) groups excluding carboxylic acids is 1. The lowest BCUT2D eigenvalue weighted by Crippen LogP contribution is -2.54. The van der Waals surface area contributed by atoms with Crippen LogP contribution in [0.15, 0.2) is 54.7 Å². The monoisotopic (exact) mass is 407 g/mol. The largest absolute Gasteiger partial charge is 0.326 e. The topological polar surface area (TPSA) is 51.7 Å². The number of para-hydroxylation sites is 1. The molecule has 150 valence electrons. The van der Waals surface area contributed by atoms with Gasteiger partial charge in [0.05, 0.1) is 16.9 Å². The number of aromatic nitrogens is 1. The molecule has 2 unspecified atom stereocenters. The van der Waals surface area contributed by atoms with Crippen LogP contribution >= 0.6 is 11.5 Å². The Hall–Kier alpha value is -2.48. The van der Waals surface area contributed by atoms with Crippen molar-refractivity contribution in [3.63, 3.8) is 0 Å². The van der Waals surface area contributed by atoms with Gasteiger partial charge in [-0.25, -0.2) is 4.79 Å². The average Bonchev–Trinajstić information content (AvgIpc) is 3.39. The maximum absolute atomic E-state index is 13.6. The van der Waals surface area contributed by atoms with Gasteiger partial charge >= 0.3 is 6.03 Å². The van der Waals surface area contributed by atoms with Crippen LogP contribution in [-0.4, -0.2) is 59.1 Å². The molecule has 29 heavy (non-hydrogen) atoms. The van der Waals surface area contributed by atoms with E-state index in [1.165, 1.54) is 21.8 Å². The molecule has 2 saturated heterocycles. The highest BCUT2D eigenvalue weighted by Crippen LogP contribution is 2.39. The van der Waals surface area contributed by atoms with Gasteiger partial charge in [-0.2, -0.15) is 4.37 Å². The van der Waals surface area contributed by atoms with Crippen LogP contribution in [0.5, 0.6) is 0 Å². The van der Waals surface area contributed by atoms with Crippen molar-refractivity contribution in [3.05, 3.63) is 60.3 Å². The van der Waals surface area contributed by atoms with E-state index < -0.39 is 0 Å². The van der Waals surface area contributed by atoms with E-state index in [2.05, 4.69) is 39.7 Å². The van der Waals surface area contributed by atoms with Crippen molar-refractivity contribution in [1.29, 1.82) is 0 Å². The summed E-state index contributed by atoms with van der Waals surface area (Å²) in [6, 6.07) is 16.4. The molecule has 0 aliphatic carbocycles. The van der Waals surface area contributed by atoms with Gasteiger partial charge in [-0.15, -0.1) is 0 Å². The van der Waals surface area contributed by atoms with E-state index in [4.69, 9.17) is 0 Å². The number of hydrogen-bond acceptors (Lipinski definition) is 5. The van der Waals surface area contributed by atoms with Gasteiger partial charge in [0.15, 0.2) is 0 Å². The van der Waals surface area contributed by atoms with Gasteiger partial charge in [0, 0.05) is 50.0 Å². The fraction of sp³-hybridized carbons (Fsp3) is 0.364. The van der Waals surface area contributed by atoms with Crippen LogP contribution in [0.4, 0.5) is 10.5 Å². The quantitative estimate of drug-likeness (QED) is 0.719. The molecule has 0 radical (unpaired) electrons. The van der Waals surface area contributed by atoms with Crippen LogP contribution in [0.25, 0.3) is 10.1 Å². The van der Waals surface area contributed by atoms with Gasteiger partial charge in [-0.1, -0.05) is 36.4 Å². The van der Waals surface area contributed by atoms with Crippen molar-refractivity contribution in [2.24, 2.45) is 0 Å². The number of carbonyl (C=O) groups is 1. The van der Waals surface area contributed by atoms with Gasteiger partial charge in [-0.3, -0.25) is 9.80 Å². The molecule has 0 bridgehead atoms. The first kappa shape index (κ1) is 18.5. The lowest BCUT2D eigenvalue weighted by molar-refractivity contribution is 0.0797. The highest BCUT2D eigenvalue weighted by atomic mass is 32.1. The first-order chi connectivity index (χ1) is 14.2. The number of amides is 2. The summed E-state index contributed by atoms with van der Waals surface area (Å²) >= 11 is 1.51. The Labute approximate surface area is 174 Å². The van der Waals surface area contributed by atoms with Crippen molar-refractivity contribution in [2.45, 2.75) is 19.1 Å². The van der Waals surface area contributed by atoms with Crippen LogP contribution in [0, 0.1) is 0 Å². The molecule has 5 rings (SSSR count). The third-order valence-electron chi connectivity index (χ3n) is 6.07. The number of anilines is 1. The summed E-state index contributed by atoms with van der Waals surface area (Å²) in [6.07, 6.45) is 1.98. The van der Waals surface area contributed by atoms with Crippen molar-refractivity contribution in [1.82, 2.24) is 19.5 Å². The van der Waals surface area contributed by atoms with Crippen molar-refractivity contribution in [2.75, 3.05) is 37.6 Å². The number of nitrogens with zero attached hydrogens (tertiary/aromatic N) is 4. The minimum atomic E-state index is -0.0283. The van der Waals surface area contributed by atoms with E-state index >= 15 is 0 Å². The zero-order valence-corrected chi connectivity index (χ0v) is 17.3. The molecule has 0 spiro atoms. The second-order valence-corrected chi connectivity index (χ2v) is 8.47. The van der Waals surface area contributed by atoms with Gasteiger partial charge in [0.25, 0.3) is 0 Å². The van der Waals surface area contributed by atoms with E-state index in [1.54, 1.807) is 0 Å². The first-order valence-electron chi connectivity index (χ1n) is 10.2. The number of nitrogens with one attached hydrogen (secondary N) is 1. The van der Waals surface area contributed by atoms with Crippen LogP contribution in [0.3, 0.4) is 0 Å². The summed E-state index contributed by atoms with van der Waals surface area (Å²) in [4.78, 5) is 20.0. The second kappa shape index (κ2) is 7.74. The molecule has 0 saturated carbocycles. The predicted octanol–water partition coefficient (Wildman–Crippen LogP) is 3.53. The molecule has 6 nitrogen and oxygen atoms in total. The molecule has 1 aromatic heterocycles. The summed E-state index contributed by atoms with van der Waals surface area (Å²) in [5.41, 5.74) is 2.12. The van der Waals surface area contributed by atoms with E-state index in [1.807, 2.05) is 46.3 Å². The molecular weight excluding hydrogens is 382 g/mol. The predicted molar refractivity (Wildman–Crippen MR) is 117 cm³/mol. The van der Waals surface area contributed by atoms with E-state index in [9.17, 15) is 4.79 Å². The van der Waals surface area contributed by atoms with Crippen molar-refractivity contribution < 1.29 is 4.79 Å². The molecule has 3 heterocycles. The normalized spacial score (nSPS) is 21.8. The fourth-order valence-corrected chi connectivity index (χ4v) is 5.29. The molecule has 2 atom stereocenters. The Morgan fingerprint density at radius 3 is 2.69 bits per heavy atom. The molecule has 2 fully saturated rings. The number of hydrogen-bond donors (Lipinski definition) is 1. The highest BCUT2D eigenvalue weighted by Gasteiger charge is 2.43. The Bertz CT molecular complexity index is 1000. The smallest absolute Gasteiger partial charge is 0.314 e. The number of fused-ring (bicyclic) bond motifs is 1. The van der Waals surface area contributed by atoms with Gasteiger partial charge in [0.1, 0.15) is 0 Å². The Balaban J connectivity index is 1.54. The maximum Gasteiger partial charge on any atom is 0.326 e. The number of rotatable bonds is 4. The Morgan fingerprint density at radius 2 is 1.90 bits per heavy atom. The van der Waals surface area contributed by atoms with Crippen LogP contribution in [0.2, 0.25) is 0 Å². The van der Waals surface area contributed by atoms with Crippen LogP contribution < -0.4 is 10.2 Å². The molecule has 7 heteroatoms. The lowest BCUT2D eigenvalue weighted by atomic mass is 10.0. The second-order valence-electron chi connectivity index (χ2n) is 7.67. The standard InChI is InChI=1S/C22H25N5OS/c1-16(25-12-10-23-11-13-25)26-15-20(19-9-5-6-17-14-24-29-21(17)19)27(22(26)28)18-7-3-2-4-8-18/h2-9,14,16,20,23H,10-13,15H2,1H3. The fourth-order valence-electron chi connectivity index (χ4n) is 4.48. The molecule has 2 aromatic carbocycles. The van der Waals surface area contributed by atoms with Crippen molar-refractivity contribution in [3.8, 4) is 0 Å². The third-order valence-corrected chi connectivity index (χ3v) is 6.93. The lowest BCUT2D eigenvalue weighted by Gasteiger charge is -2.37. The zero-order chi connectivity index (χ0) is 19.8.